The van der Waals surface area contributed by atoms with Gasteiger partial charge in [-0.05, 0) is 69.5 Å². The van der Waals surface area contributed by atoms with Crippen LogP contribution in [0.25, 0.3) is 0 Å². The van der Waals surface area contributed by atoms with Gasteiger partial charge in [0, 0.05) is 48.1 Å². The summed E-state index contributed by atoms with van der Waals surface area (Å²) in [5.41, 5.74) is -0.371. The Kier molecular flexibility index (Phi) is 25.6. The molecule has 7 atom stereocenters. The molecule has 0 radical (unpaired) electrons. The Balaban J connectivity index is 1.11. The third kappa shape index (κ3) is 13.7. The van der Waals surface area contributed by atoms with Gasteiger partial charge in [-0.3, -0.25) is 19.3 Å². The van der Waals surface area contributed by atoms with Crippen LogP contribution in [0.15, 0.2) is 0 Å². The maximum Gasteiger partial charge on any atom is 0.305 e. The zero-order valence-corrected chi connectivity index (χ0v) is 45.5. The van der Waals surface area contributed by atoms with E-state index in [9.17, 15) is 14.4 Å². The summed E-state index contributed by atoms with van der Waals surface area (Å²) in [6.07, 6.45) is 43.6. The minimum absolute atomic E-state index is 0.00131. The molecule has 0 aromatic heterocycles. The average Bonchev–Trinajstić information content (AvgIpc) is 3.34. The van der Waals surface area contributed by atoms with Gasteiger partial charge in [-0.15, -0.1) is 0 Å². The first-order valence-corrected chi connectivity index (χ1v) is 30.2. The number of unbranched alkanes of at least 4 members (excludes halogenated alkanes) is 20. The van der Waals surface area contributed by atoms with E-state index in [2.05, 4.69) is 51.3 Å². The van der Waals surface area contributed by atoms with Crippen molar-refractivity contribution in [2.45, 2.75) is 290 Å². The molecule has 8 heteroatoms. The summed E-state index contributed by atoms with van der Waals surface area (Å²) >= 11 is 0. The molecule has 0 amide bonds. The first kappa shape index (κ1) is 57.2. The lowest BCUT2D eigenvalue weighted by Crippen LogP contribution is -3.26. The number of hydrogen-bond donors (Lipinski definition) is 0. The second kappa shape index (κ2) is 30.4. The number of ether oxygens (including phenoxy) is 3. The molecule has 8 nitrogen and oxygen atoms in total. The highest BCUT2D eigenvalue weighted by molar-refractivity contribution is 5.73. The highest BCUT2D eigenvalue weighted by atomic mass is 16.5. The number of carbonyl (C=O) groups excluding carboxylic acids is 3. The van der Waals surface area contributed by atoms with Crippen molar-refractivity contribution in [2.24, 2.45) is 34.5 Å². The van der Waals surface area contributed by atoms with Crippen molar-refractivity contribution in [1.82, 2.24) is 9.80 Å². The molecule has 3 aliphatic heterocycles. The predicted octanol–water partition coefficient (Wildman–Crippen LogP) is 15.4. The Hall–Kier alpha value is -1.67. The lowest BCUT2D eigenvalue weighted by atomic mass is 9.01. The Morgan fingerprint density at radius 1 is 0.456 bits per heavy atom. The van der Waals surface area contributed by atoms with Crippen LogP contribution in [-0.4, -0.2) is 84.8 Å². The molecule has 3 saturated carbocycles. The second-order valence-corrected chi connectivity index (χ2v) is 23.2. The third-order valence-electron chi connectivity index (χ3n) is 18.8. The SMILES string of the molecule is CCCCCCCCC(CCCCCCCC)CCCC(=O)OCC12C3C4C5N(C1C53COC(=O)CCCN(CC)CC)C42COC(=O)CCCC(CCCCCCCC)CCCCCCCC. The van der Waals surface area contributed by atoms with E-state index in [-0.39, 0.29) is 40.3 Å². The van der Waals surface area contributed by atoms with E-state index >= 15 is 0 Å². The van der Waals surface area contributed by atoms with Gasteiger partial charge >= 0.3 is 17.9 Å². The molecule has 6 rings (SSSR count). The maximum atomic E-state index is 13.6. The normalized spacial score (nSPS) is 25.7. The summed E-state index contributed by atoms with van der Waals surface area (Å²) < 4.78 is 18.6. The van der Waals surface area contributed by atoms with Crippen molar-refractivity contribution in [3.63, 3.8) is 0 Å². The molecule has 0 spiro atoms. The third-order valence-corrected chi connectivity index (χ3v) is 18.8. The van der Waals surface area contributed by atoms with Gasteiger partial charge in [0.25, 0.3) is 0 Å². The van der Waals surface area contributed by atoms with Crippen LogP contribution in [0.4, 0.5) is 0 Å². The fraction of sp³-hybridized carbons (Fsp3) is 0.950. The lowest BCUT2D eigenvalue weighted by molar-refractivity contribution is -0.682. The molecule has 7 unspecified atom stereocenters. The van der Waals surface area contributed by atoms with Gasteiger partial charge in [-0.1, -0.05) is 221 Å². The Bertz CT molecular complexity index is 1380. The molecule has 6 aliphatic rings. The van der Waals surface area contributed by atoms with Crippen LogP contribution in [0.2, 0.25) is 0 Å². The number of nitrogens with zero attached hydrogens (tertiary/aromatic N) is 2. The van der Waals surface area contributed by atoms with Crippen LogP contribution >= 0.6 is 0 Å². The highest BCUT2D eigenvalue weighted by Crippen LogP contribution is 3.04. The van der Waals surface area contributed by atoms with E-state index in [0.717, 1.165) is 51.7 Å². The molecule has 3 aliphatic carbocycles. The van der Waals surface area contributed by atoms with Crippen LogP contribution in [0.3, 0.4) is 0 Å². The van der Waals surface area contributed by atoms with Gasteiger partial charge in [0.1, 0.15) is 19.8 Å². The van der Waals surface area contributed by atoms with E-state index in [1.165, 1.54) is 180 Å². The molecule has 68 heavy (non-hydrogen) atoms. The molecule has 0 aromatic rings. The van der Waals surface area contributed by atoms with Crippen LogP contribution in [0, 0.1) is 34.5 Å². The zero-order chi connectivity index (χ0) is 48.7. The first-order valence-electron chi connectivity index (χ1n) is 30.2. The monoisotopic (exact) mass is 953 g/mol. The summed E-state index contributed by atoms with van der Waals surface area (Å²) in [7, 11) is 0. The fourth-order valence-corrected chi connectivity index (χ4v) is 15.1. The van der Waals surface area contributed by atoms with Gasteiger partial charge in [0.2, 0.25) is 0 Å². The number of esters is 3. The molecular formula is C60H108N2O6. The van der Waals surface area contributed by atoms with Crippen molar-refractivity contribution < 1.29 is 28.6 Å². The maximum absolute atomic E-state index is 13.6. The van der Waals surface area contributed by atoms with Crippen molar-refractivity contribution in [1.29, 1.82) is 0 Å². The van der Waals surface area contributed by atoms with Crippen molar-refractivity contribution >= 4 is 17.9 Å². The van der Waals surface area contributed by atoms with E-state index in [1.807, 2.05) is 0 Å². The Morgan fingerprint density at radius 3 is 1.22 bits per heavy atom. The fourth-order valence-electron chi connectivity index (χ4n) is 15.1. The first-order chi connectivity index (χ1) is 33.3. The average molecular weight is 954 g/mol. The van der Waals surface area contributed by atoms with Crippen molar-refractivity contribution in [3.8, 4) is 0 Å². The molecule has 6 fully saturated rings. The molecule has 3 heterocycles. The van der Waals surface area contributed by atoms with Crippen molar-refractivity contribution in [2.75, 3.05) is 39.5 Å². The summed E-state index contributed by atoms with van der Waals surface area (Å²) in [6, 6.07) is 0.672. The summed E-state index contributed by atoms with van der Waals surface area (Å²) in [5, 5.41) is 0. The van der Waals surface area contributed by atoms with Gasteiger partial charge in [0.05, 0.1) is 5.54 Å². The van der Waals surface area contributed by atoms with Crippen LogP contribution in [-0.2, 0) is 28.6 Å². The molecule has 394 valence electrons. The Morgan fingerprint density at radius 2 is 0.824 bits per heavy atom. The largest absolute Gasteiger partial charge is 0.465 e. The minimum atomic E-state index is -0.199. The summed E-state index contributed by atoms with van der Waals surface area (Å²) in [4.78, 5) is 45.0. The topological polar surface area (TPSA) is 85.4 Å². The molecule has 3 saturated heterocycles. The van der Waals surface area contributed by atoms with E-state index < -0.39 is 0 Å². The van der Waals surface area contributed by atoms with Crippen LogP contribution in [0.1, 0.15) is 273 Å². The molecular weight excluding hydrogens is 845 g/mol. The number of carbonyl (C=O) groups is 3. The van der Waals surface area contributed by atoms with Gasteiger partial charge in [-0.25, -0.2) is 0 Å². The smallest absolute Gasteiger partial charge is 0.305 e. The standard InChI is InChI=1S/C60H108N2O6/c1-7-13-17-21-25-29-36-49(37-30-26-22-18-14-8-2)40-33-42-51(63)67-47-59-55-54-56-58(55,46-66-53(65)44-35-45-61(11-5)12-6)57(59)62(56)60(54,59)48-68-52(64)43-34-41-50(38-31-27-23-19-15-9-3)39-32-28-24-20-16-10-4/h49-50,54-57H,7-48H2,1-6H3. The van der Waals surface area contributed by atoms with E-state index in [1.54, 1.807) is 0 Å². The zero-order valence-electron chi connectivity index (χ0n) is 45.5. The van der Waals surface area contributed by atoms with Gasteiger partial charge < -0.3 is 19.1 Å². The molecule has 0 aromatic carbocycles. The van der Waals surface area contributed by atoms with Gasteiger partial charge in [-0.2, -0.15) is 0 Å². The lowest BCUT2D eigenvalue weighted by Gasteiger charge is -3.15. The van der Waals surface area contributed by atoms with Crippen LogP contribution in [0.5, 0.6) is 0 Å². The Labute approximate surface area is 419 Å². The molecule has 0 bridgehead atoms. The summed E-state index contributed by atoms with van der Waals surface area (Å²) in [5.74, 6) is 2.04. The molecule has 0 N–H and O–H groups in total. The van der Waals surface area contributed by atoms with Gasteiger partial charge in [0.15, 0.2) is 0 Å². The second-order valence-electron chi connectivity index (χ2n) is 23.2. The number of hydrogen-bond acceptors (Lipinski definition) is 8. The van der Waals surface area contributed by atoms with Crippen molar-refractivity contribution in [3.05, 3.63) is 0 Å². The number of rotatable bonds is 48. The number of piperidine rings is 12. The van der Waals surface area contributed by atoms with Crippen LogP contribution < -0.4 is 0 Å². The summed E-state index contributed by atoms with van der Waals surface area (Å²) in [6.45, 7) is 17.7. The minimum Gasteiger partial charge on any atom is -0.465 e. The predicted molar refractivity (Wildman–Crippen MR) is 281 cm³/mol. The highest BCUT2D eigenvalue weighted by Gasteiger charge is 3.15. The van der Waals surface area contributed by atoms with E-state index in [0.29, 0.717) is 68.8 Å². The van der Waals surface area contributed by atoms with E-state index in [4.69, 9.17) is 14.2 Å². The quantitative estimate of drug-likeness (QED) is 0.0339.